The number of carbonyl (C=O) groups excluding carboxylic acids is 1. The summed E-state index contributed by atoms with van der Waals surface area (Å²) in [7, 11) is 0. The topological polar surface area (TPSA) is 63.2 Å². The van der Waals surface area contributed by atoms with Crippen LogP contribution in [0.4, 0.5) is 0 Å². The molecule has 104 valence electrons. The van der Waals surface area contributed by atoms with Crippen LogP contribution in [0, 0.1) is 0 Å². The fourth-order valence-corrected chi connectivity index (χ4v) is 1.92. The molecule has 2 rings (SSSR count). The number of rotatable bonds is 3. The molecule has 18 heavy (non-hydrogen) atoms. The largest absolute Gasteiger partial charge is 0.461 e. The van der Waals surface area contributed by atoms with E-state index in [1.807, 2.05) is 13.8 Å². The van der Waals surface area contributed by atoms with Crippen molar-refractivity contribution in [2.45, 2.75) is 51.5 Å². The van der Waals surface area contributed by atoms with Crippen molar-refractivity contribution in [2.75, 3.05) is 19.8 Å². The van der Waals surface area contributed by atoms with Crippen LogP contribution in [-0.2, 0) is 28.5 Å². The Kier molecular flexibility index (Phi) is 3.64. The van der Waals surface area contributed by atoms with Crippen LogP contribution in [0.3, 0.4) is 0 Å². The quantitative estimate of drug-likeness (QED) is 0.700. The number of ether oxygens (including phenoxy) is 5. The van der Waals surface area contributed by atoms with Gasteiger partial charge in [0.25, 0.3) is 0 Å². The average molecular weight is 260 g/mol. The third-order valence-corrected chi connectivity index (χ3v) is 2.75. The summed E-state index contributed by atoms with van der Waals surface area (Å²) in [6.45, 7) is 7.99. The Morgan fingerprint density at radius 1 is 1.11 bits per heavy atom. The molecular weight excluding hydrogens is 240 g/mol. The van der Waals surface area contributed by atoms with Crippen LogP contribution < -0.4 is 0 Å². The van der Waals surface area contributed by atoms with Crippen LogP contribution in [-0.4, -0.2) is 49.6 Å². The zero-order chi connectivity index (χ0) is 13.4. The number of esters is 1. The van der Waals surface area contributed by atoms with Gasteiger partial charge < -0.3 is 23.7 Å². The number of carbonyl (C=O) groups is 1. The van der Waals surface area contributed by atoms with Crippen LogP contribution >= 0.6 is 0 Å². The van der Waals surface area contributed by atoms with Crippen LogP contribution in [0.2, 0.25) is 0 Å². The second-order valence-electron chi connectivity index (χ2n) is 5.40. The first-order valence-corrected chi connectivity index (χ1v) is 6.08. The van der Waals surface area contributed by atoms with Crippen molar-refractivity contribution in [2.24, 2.45) is 0 Å². The van der Waals surface area contributed by atoms with Crippen molar-refractivity contribution in [1.29, 1.82) is 0 Å². The van der Waals surface area contributed by atoms with Crippen molar-refractivity contribution in [3.8, 4) is 0 Å². The first-order chi connectivity index (χ1) is 8.27. The molecule has 0 saturated carbocycles. The zero-order valence-corrected chi connectivity index (χ0v) is 11.2. The molecule has 6 heteroatoms. The Morgan fingerprint density at radius 3 is 2.22 bits per heavy atom. The van der Waals surface area contributed by atoms with Gasteiger partial charge in [-0.3, -0.25) is 0 Å². The average Bonchev–Trinajstić information content (AvgIpc) is 2.78. The van der Waals surface area contributed by atoms with E-state index >= 15 is 0 Å². The minimum absolute atomic E-state index is 0.169. The lowest BCUT2D eigenvalue weighted by Crippen LogP contribution is -2.31. The third-order valence-electron chi connectivity index (χ3n) is 2.75. The Bertz CT molecular complexity index is 325. The van der Waals surface area contributed by atoms with Gasteiger partial charge in [-0.2, -0.15) is 0 Å². The van der Waals surface area contributed by atoms with E-state index < -0.39 is 23.6 Å². The van der Waals surface area contributed by atoms with Gasteiger partial charge in [0.2, 0.25) is 0 Å². The SMILES string of the molecule is CC1(C)OCC(COC(=O)C2COC(C)(C)O2)O1. The maximum Gasteiger partial charge on any atom is 0.337 e. The lowest BCUT2D eigenvalue weighted by atomic mass is 10.3. The fourth-order valence-electron chi connectivity index (χ4n) is 1.92. The number of hydrogen-bond acceptors (Lipinski definition) is 6. The highest BCUT2D eigenvalue weighted by Gasteiger charge is 2.39. The van der Waals surface area contributed by atoms with Crippen molar-refractivity contribution < 1.29 is 28.5 Å². The second kappa shape index (κ2) is 4.77. The molecule has 2 atom stereocenters. The summed E-state index contributed by atoms with van der Waals surface area (Å²) in [5, 5.41) is 0. The van der Waals surface area contributed by atoms with Crippen molar-refractivity contribution >= 4 is 5.97 Å². The molecule has 0 spiro atoms. The van der Waals surface area contributed by atoms with Crippen LogP contribution in [0.15, 0.2) is 0 Å². The predicted molar refractivity (Wildman–Crippen MR) is 60.8 cm³/mol. The molecule has 2 fully saturated rings. The molecule has 0 aromatic heterocycles. The maximum absolute atomic E-state index is 11.7. The normalized spacial score (nSPS) is 33.6. The summed E-state index contributed by atoms with van der Waals surface area (Å²) in [5.74, 6) is -1.75. The summed E-state index contributed by atoms with van der Waals surface area (Å²) < 4.78 is 26.8. The molecule has 0 aliphatic carbocycles. The van der Waals surface area contributed by atoms with Gasteiger partial charge in [-0.15, -0.1) is 0 Å². The molecule has 2 unspecified atom stereocenters. The molecule has 0 N–H and O–H groups in total. The Hall–Kier alpha value is -0.690. The Morgan fingerprint density at radius 2 is 1.72 bits per heavy atom. The molecule has 0 bridgehead atoms. The molecule has 0 aromatic rings. The molecule has 2 saturated heterocycles. The smallest absolute Gasteiger partial charge is 0.337 e. The van der Waals surface area contributed by atoms with E-state index in [0.717, 1.165) is 0 Å². The van der Waals surface area contributed by atoms with Gasteiger partial charge in [-0.25, -0.2) is 4.79 Å². The highest BCUT2D eigenvalue weighted by atomic mass is 16.8. The highest BCUT2D eigenvalue weighted by Crippen LogP contribution is 2.24. The molecule has 2 aliphatic heterocycles. The van der Waals surface area contributed by atoms with Gasteiger partial charge in [0.1, 0.15) is 12.7 Å². The fraction of sp³-hybridized carbons (Fsp3) is 0.917. The summed E-state index contributed by atoms with van der Waals surface area (Å²) in [6, 6.07) is 0. The van der Waals surface area contributed by atoms with E-state index in [1.54, 1.807) is 13.8 Å². The second-order valence-corrected chi connectivity index (χ2v) is 5.40. The van der Waals surface area contributed by atoms with E-state index in [0.29, 0.717) is 6.61 Å². The Labute approximate surface area is 106 Å². The number of hydrogen-bond donors (Lipinski definition) is 0. The molecule has 0 radical (unpaired) electrons. The van der Waals surface area contributed by atoms with E-state index in [9.17, 15) is 4.79 Å². The molecule has 2 aliphatic rings. The van der Waals surface area contributed by atoms with E-state index in [2.05, 4.69) is 0 Å². The molecule has 2 heterocycles. The first kappa shape index (κ1) is 13.7. The van der Waals surface area contributed by atoms with Crippen LogP contribution in [0.25, 0.3) is 0 Å². The molecule has 0 aromatic carbocycles. The van der Waals surface area contributed by atoms with Crippen molar-refractivity contribution in [3.05, 3.63) is 0 Å². The minimum Gasteiger partial charge on any atom is -0.461 e. The minimum atomic E-state index is -0.724. The van der Waals surface area contributed by atoms with Crippen LogP contribution in [0.5, 0.6) is 0 Å². The summed E-state index contributed by atoms with van der Waals surface area (Å²) in [5.41, 5.74) is 0. The Balaban J connectivity index is 1.73. The first-order valence-electron chi connectivity index (χ1n) is 6.08. The zero-order valence-electron chi connectivity index (χ0n) is 11.2. The molecular formula is C12H20O6. The predicted octanol–water partition coefficient (Wildman–Crippen LogP) is 0.833. The van der Waals surface area contributed by atoms with E-state index in [4.69, 9.17) is 23.7 Å². The summed E-state index contributed by atoms with van der Waals surface area (Å²) >= 11 is 0. The monoisotopic (exact) mass is 260 g/mol. The maximum atomic E-state index is 11.7. The summed E-state index contributed by atoms with van der Waals surface area (Å²) in [6.07, 6.45) is -0.880. The lowest BCUT2D eigenvalue weighted by Gasteiger charge is -2.18. The molecule has 6 nitrogen and oxygen atoms in total. The van der Waals surface area contributed by atoms with Crippen molar-refractivity contribution in [3.63, 3.8) is 0 Å². The van der Waals surface area contributed by atoms with Gasteiger partial charge in [-0.05, 0) is 27.7 Å². The third kappa shape index (κ3) is 3.41. The van der Waals surface area contributed by atoms with Gasteiger partial charge in [0.05, 0.1) is 13.2 Å². The standard InChI is InChI=1S/C12H20O6/c1-11(2)15-6-8(17-11)5-14-10(13)9-7-16-12(3,4)18-9/h8-9H,5-7H2,1-4H3. The van der Waals surface area contributed by atoms with Gasteiger partial charge in [0.15, 0.2) is 17.7 Å². The van der Waals surface area contributed by atoms with Gasteiger partial charge in [0, 0.05) is 0 Å². The van der Waals surface area contributed by atoms with E-state index in [-0.39, 0.29) is 19.3 Å². The molecule has 0 amide bonds. The van der Waals surface area contributed by atoms with Crippen molar-refractivity contribution in [1.82, 2.24) is 0 Å². The van der Waals surface area contributed by atoms with Gasteiger partial charge >= 0.3 is 5.97 Å². The lowest BCUT2D eigenvalue weighted by molar-refractivity contribution is -0.175. The van der Waals surface area contributed by atoms with E-state index in [1.165, 1.54) is 0 Å². The highest BCUT2D eigenvalue weighted by molar-refractivity contribution is 5.75. The van der Waals surface area contributed by atoms with Crippen LogP contribution in [0.1, 0.15) is 27.7 Å². The van der Waals surface area contributed by atoms with Gasteiger partial charge in [-0.1, -0.05) is 0 Å². The summed E-state index contributed by atoms with van der Waals surface area (Å²) in [4.78, 5) is 11.7.